The number of nitrogens with one attached hydrogen (secondary N) is 1. The van der Waals surface area contributed by atoms with E-state index in [4.69, 9.17) is 5.73 Å². The number of aromatic nitrogens is 6. The zero-order chi connectivity index (χ0) is 13.6. The van der Waals surface area contributed by atoms with E-state index in [9.17, 15) is 0 Å². The Bertz CT molecular complexity index is 733. The second-order valence-electron chi connectivity index (χ2n) is 4.50. The third-order valence-corrected chi connectivity index (χ3v) is 2.98. The van der Waals surface area contributed by atoms with Crippen LogP contribution < -0.4 is 5.73 Å². The minimum Gasteiger partial charge on any atom is -0.383 e. The second-order valence-corrected chi connectivity index (χ2v) is 4.50. The molecule has 0 saturated heterocycles. The Labute approximate surface area is 109 Å². The van der Waals surface area contributed by atoms with Gasteiger partial charge in [0.15, 0.2) is 5.65 Å². The zero-order valence-electron chi connectivity index (χ0n) is 11.1. The Morgan fingerprint density at radius 3 is 2.58 bits per heavy atom. The molecule has 0 bridgehead atoms. The Morgan fingerprint density at radius 1 is 1.26 bits per heavy atom. The monoisotopic (exact) mass is 257 g/mol. The van der Waals surface area contributed by atoms with Crippen molar-refractivity contribution in [3.8, 4) is 5.95 Å². The van der Waals surface area contributed by atoms with Crippen molar-refractivity contribution in [2.45, 2.75) is 27.2 Å². The van der Waals surface area contributed by atoms with Gasteiger partial charge in [0.2, 0.25) is 0 Å². The minimum absolute atomic E-state index is 0.522. The van der Waals surface area contributed by atoms with E-state index in [1.807, 2.05) is 26.8 Å². The Kier molecular flexibility index (Phi) is 2.48. The molecule has 3 N–H and O–H groups in total. The van der Waals surface area contributed by atoms with E-state index in [0.717, 1.165) is 28.9 Å². The lowest BCUT2D eigenvalue weighted by molar-refractivity contribution is 0.780. The summed E-state index contributed by atoms with van der Waals surface area (Å²) in [5, 5.41) is 12.3. The molecule has 0 unspecified atom stereocenters. The van der Waals surface area contributed by atoms with E-state index < -0.39 is 0 Å². The maximum atomic E-state index is 5.89. The average molecular weight is 257 g/mol. The van der Waals surface area contributed by atoms with Crippen molar-refractivity contribution in [1.29, 1.82) is 0 Å². The van der Waals surface area contributed by atoms with Gasteiger partial charge in [-0.15, -0.1) is 0 Å². The fourth-order valence-corrected chi connectivity index (χ4v) is 2.19. The van der Waals surface area contributed by atoms with Gasteiger partial charge in [0.05, 0.1) is 11.1 Å². The highest BCUT2D eigenvalue weighted by molar-refractivity contribution is 5.89. The Balaban J connectivity index is 2.30. The van der Waals surface area contributed by atoms with Gasteiger partial charge in [-0.25, -0.2) is 9.97 Å². The first-order chi connectivity index (χ1) is 9.10. The van der Waals surface area contributed by atoms with Gasteiger partial charge >= 0.3 is 0 Å². The van der Waals surface area contributed by atoms with Crippen LogP contribution >= 0.6 is 0 Å². The van der Waals surface area contributed by atoms with Crippen molar-refractivity contribution in [3.05, 3.63) is 23.1 Å². The highest BCUT2D eigenvalue weighted by Crippen LogP contribution is 2.24. The van der Waals surface area contributed by atoms with Crippen LogP contribution in [0.15, 0.2) is 6.07 Å². The molecule has 3 rings (SSSR count). The number of aromatic amines is 1. The molecule has 19 heavy (non-hydrogen) atoms. The van der Waals surface area contributed by atoms with Gasteiger partial charge in [-0.2, -0.15) is 14.9 Å². The van der Waals surface area contributed by atoms with E-state index in [1.165, 1.54) is 0 Å². The number of hydrogen-bond acceptors (Lipinski definition) is 5. The largest absolute Gasteiger partial charge is 0.383 e. The molecule has 0 radical (unpaired) electrons. The molecule has 3 aromatic heterocycles. The number of anilines is 1. The molecule has 0 aromatic carbocycles. The van der Waals surface area contributed by atoms with Crippen LogP contribution in [0.2, 0.25) is 0 Å². The van der Waals surface area contributed by atoms with E-state index in [2.05, 4.69) is 25.3 Å². The molecule has 3 heterocycles. The van der Waals surface area contributed by atoms with Crippen molar-refractivity contribution in [2.75, 3.05) is 5.73 Å². The summed E-state index contributed by atoms with van der Waals surface area (Å²) < 4.78 is 1.64. The molecule has 0 spiro atoms. The van der Waals surface area contributed by atoms with E-state index >= 15 is 0 Å². The summed E-state index contributed by atoms with van der Waals surface area (Å²) in [5.74, 6) is 1.05. The summed E-state index contributed by atoms with van der Waals surface area (Å²) in [6.45, 7) is 5.89. The smallest absolute Gasteiger partial charge is 0.253 e. The molecule has 0 fully saturated rings. The highest BCUT2D eigenvalue weighted by atomic mass is 15.4. The number of nitrogens with zero attached hydrogens (tertiary/aromatic N) is 5. The molecule has 0 aliphatic carbocycles. The Morgan fingerprint density at radius 2 is 1.95 bits per heavy atom. The number of nitrogen functional groups attached to an aromatic ring is 1. The van der Waals surface area contributed by atoms with Gasteiger partial charge in [0.25, 0.3) is 5.95 Å². The van der Waals surface area contributed by atoms with Crippen molar-refractivity contribution < 1.29 is 0 Å². The summed E-state index contributed by atoms with van der Waals surface area (Å²) in [4.78, 5) is 8.81. The van der Waals surface area contributed by atoms with Crippen LogP contribution in [0.1, 0.15) is 24.0 Å². The number of fused-ring (bicyclic) bond motifs is 1. The molecular formula is C12H15N7. The first kappa shape index (κ1) is 11.6. The number of rotatable bonds is 2. The third-order valence-electron chi connectivity index (χ3n) is 2.98. The molecule has 0 aliphatic rings. The second kappa shape index (κ2) is 4.04. The first-order valence-electron chi connectivity index (χ1n) is 6.14. The summed E-state index contributed by atoms with van der Waals surface area (Å²) in [7, 11) is 0. The van der Waals surface area contributed by atoms with Crippen molar-refractivity contribution >= 4 is 16.9 Å². The summed E-state index contributed by atoms with van der Waals surface area (Å²) in [6, 6.07) is 1.92. The minimum atomic E-state index is 0.522. The Hall–Kier alpha value is -2.44. The average Bonchev–Trinajstić information content (AvgIpc) is 2.89. The first-order valence-corrected chi connectivity index (χ1v) is 6.14. The van der Waals surface area contributed by atoms with Crippen LogP contribution in [0.25, 0.3) is 17.0 Å². The highest BCUT2D eigenvalue weighted by Gasteiger charge is 2.18. The lowest BCUT2D eigenvalue weighted by atomic mass is 10.2. The lowest BCUT2D eigenvalue weighted by Crippen LogP contribution is -2.06. The van der Waals surface area contributed by atoms with Crippen LogP contribution in [-0.2, 0) is 6.42 Å². The van der Waals surface area contributed by atoms with Gasteiger partial charge in [0.1, 0.15) is 5.82 Å². The van der Waals surface area contributed by atoms with E-state index in [-0.39, 0.29) is 0 Å². The predicted octanol–water partition coefficient (Wildman–Crippen LogP) is 1.30. The quantitative estimate of drug-likeness (QED) is 0.721. The predicted molar refractivity (Wildman–Crippen MR) is 72.1 cm³/mol. The summed E-state index contributed by atoms with van der Waals surface area (Å²) in [6.07, 6.45) is 0.776. The van der Waals surface area contributed by atoms with Crippen molar-refractivity contribution in [3.63, 3.8) is 0 Å². The van der Waals surface area contributed by atoms with Crippen LogP contribution in [0, 0.1) is 13.8 Å². The molecule has 7 heteroatoms. The van der Waals surface area contributed by atoms with Gasteiger partial charge in [0, 0.05) is 11.4 Å². The lowest BCUT2D eigenvalue weighted by Gasteiger charge is -2.02. The zero-order valence-corrected chi connectivity index (χ0v) is 11.1. The maximum absolute atomic E-state index is 5.89. The topological polar surface area (TPSA) is 98.3 Å². The van der Waals surface area contributed by atoms with Gasteiger partial charge in [-0.3, -0.25) is 5.10 Å². The molecule has 98 valence electrons. The number of H-pyrrole nitrogens is 1. The van der Waals surface area contributed by atoms with Crippen molar-refractivity contribution in [2.24, 2.45) is 0 Å². The summed E-state index contributed by atoms with van der Waals surface area (Å²) in [5.41, 5.74) is 9.24. The number of nitrogens with two attached hydrogens (primary N) is 1. The fourth-order valence-electron chi connectivity index (χ4n) is 2.19. The molecule has 0 atom stereocenters. The standard InChI is InChI=1S/C12H15N7/c1-4-8-9-10(13)16-17-11(9)19(18-8)12-14-6(2)5-7(3)15-12/h5H,4H2,1-3H3,(H3,13,16,17). The molecule has 7 nitrogen and oxygen atoms in total. The molecular weight excluding hydrogens is 242 g/mol. The maximum Gasteiger partial charge on any atom is 0.253 e. The normalized spacial score (nSPS) is 11.3. The van der Waals surface area contributed by atoms with Crippen LogP contribution in [-0.4, -0.2) is 29.9 Å². The van der Waals surface area contributed by atoms with Crippen molar-refractivity contribution in [1.82, 2.24) is 29.9 Å². The molecule has 0 aliphatic heterocycles. The molecule has 0 amide bonds. The van der Waals surface area contributed by atoms with Crippen LogP contribution in [0.5, 0.6) is 0 Å². The summed E-state index contributed by atoms with van der Waals surface area (Å²) >= 11 is 0. The SMILES string of the molecule is CCc1nn(-c2nc(C)cc(C)n2)c2n[nH]c(N)c12. The third kappa shape index (κ3) is 1.74. The number of aryl methyl sites for hydroxylation is 3. The molecule has 0 saturated carbocycles. The van der Waals surface area contributed by atoms with Gasteiger partial charge in [-0.1, -0.05) is 6.92 Å². The van der Waals surface area contributed by atoms with Gasteiger partial charge < -0.3 is 5.73 Å². The van der Waals surface area contributed by atoms with E-state index in [0.29, 0.717) is 17.4 Å². The fraction of sp³-hybridized carbons (Fsp3) is 0.333. The van der Waals surface area contributed by atoms with Crippen LogP contribution in [0.4, 0.5) is 5.82 Å². The number of hydrogen-bond donors (Lipinski definition) is 2. The van der Waals surface area contributed by atoms with Crippen LogP contribution in [0.3, 0.4) is 0 Å². The molecule has 3 aromatic rings. The van der Waals surface area contributed by atoms with E-state index in [1.54, 1.807) is 4.68 Å². The van der Waals surface area contributed by atoms with Gasteiger partial charge in [-0.05, 0) is 26.3 Å².